The van der Waals surface area contributed by atoms with Gasteiger partial charge in [0.1, 0.15) is 0 Å². The Bertz CT molecular complexity index is 338. The molecule has 0 saturated carbocycles. The molecule has 4 nitrogen and oxygen atoms in total. The van der Waals surface area contributed by atoms with Gasteiger partial charge in [0.25, 0.3) is 0 Å². The monoisotopic (exact) mass is 381 g/mol. The molecule has 2 saturated heterocycles. The highest BCUT2D eigenvalue weighted by atomic mass is 35.5. The molecule has 3 atom stereocenters. The van der Waals surface area contributed by atoms with E-state index in [1.807, 2.05) is 0 Å². The second-order valence-electron chi connectivity index (χ2n) is 7.23. The lowest BCUT2D eigenvalue weighted by Crippen LogP contribution is -2.44. The predicted octanol–water partition coefficient (Wildman–Crippen LogP) is 3.24. The summed E-state index contributed by atoms with van der Waals surface area (Å²) in [5, 5.41) is 6.59. The van der Waals surface area contributed by atoms with Crippen molar-refractivity contribution in [2.75, 3.05) is 32.7 Å². The number of carbonyl (C=O) groups is 1. The molecule has 2 fully saturated rings. The SMILES string of the molecule is CCC1CCCCN1CCNC(=O)CC(C)C1CCCNC1.Cl.Cl. The number of amides is 1. The number of nitrogens with zero attached hydrogens (tertiary/aromatic N) is 1. The second kappa shape index (κ2) is 13.2. The zero-order valence-corrected chi connectivity index (χ0v) is 17.0. The number of likely N-dealkylation sites (tertiary alicyclic amines) is 1. The number of halogens is 2. The topological polar surface area (TPSA) is 44.4 Å². The first-order chi connectivity index (χ1) is 10.7. The van der Waals surface area contributed by atoms with E-state index in [-0.39, 0.29) is 30.7 Å². The van der Waals surface area contributed by atoms with E-state index in [0.29, 0.717) is 18.3 Å². The third-order valence-corrected chi connectivity index (χ3v) is 5.59. The molecule has 144 valence electrons. The van der Waals surface area contributed by atoms with Gasteiger partial charge in [-0.3, -0.25) is 9.69 Å². The van der Waals surface area contributed by atoms with E-state index in [4.69, 9.17) is 0 Å². The lowest BCUT2D eigenvalue weighted by molar-refractivity contribution is -0.122. The summed E-state index contributed by atoms with van der Waals surface area (Å²) in [7, 11) is 0. The van der Waals surface area contributed by atoms with Crippen LogP contribution in [0.1, 0.15) is 58.8 Å². The van der Waals surface area contributed by atoms with Crippen molar-refractivity contribution in [3.05, 3.63) is 0 Å². The van der Waals surface area contributed by atoms with E-state index >= 15 is 0 Å². The molecule has 0 aromatic carbocycles. The van der Waals surface area contributed by atoms with Crippen molar-refractivity contribution in [3.8, 4) is 0 Å². The molecule has 2 N–H and O–H groups in total. The molecular formula is C18H37Cl2N3O. The van der Waals surface area contributed by atoms with Crippen LogP contribution in [0.25, 0.3) is 0 Å². The largest absolute Gasteiger partial charge is 0.355 e. The van der Waals surface area contributed by atoms with Crippen molar-refractivity contribution in [3.63, 3.8) is 0 Å². The maximum atomic E-state index is 12.1. The first-order valence-electron chi connectivity index (χ1n) is 9.42. The van der Waals surface area contributed by atoms with Crippen LogP contribution < -0.4 is 10.6 Å². The maximum absolute atomic E-state index is 12.1. The molecule has 0 aliphatic carbocycles. The Hall–Kier alpha value is -0.0300. The van der Waals surface area contributed by atoms with E-state index < -0.39 is 0 Å². The first kappa shape index (κ1) is 24.0. The molecular weight excluding hydrogens is 345 g/mol. The van der Waals surface area contributed by atoms with Gasteiger partial charge in [0, 0.05) is 25.6 Å². The predicted molar refractivity (Wildman–Crippen MR) is 106 cm³/mol. The van der Waals surface area contributed by atoms with Crippen molar-refractivity contribution >= 4 is 30.7 Å². The van der Waals surface area contributed by atoms with Crippen molar-refractivity contribution in [1.82, 2.24) is 15.5 Å². The van der Waals surface area contributed by atoms with Crippen molar-refractivity contribution in [2.24, 2.45) is 11.8 Å². The minimum absolute atomic E-state index is 0. The zero-order valence-electron chi connectivity index (χ0n) is 15.4. The highest BCUT2D eigenvalue weighted by Crippen LogP contribution is 2.22. The van der Waals surface area contributed by atoms with Crippen molar-refractivity contribution in [1.29, 1.82) is 0 Å². The van der Waals surface area contributed by atoms with Crippen LogP contribution in [0.4, 0.5) is 0 Å². The Morgan fingerprint density at radius 3 is 2.71 bits per heavy atom. The van der Waals surface area contributed by atoms with Gasteiger partial charge in [-0.05, 0) is 63.6 Å². The molecule has 2 heterocycles. The van der Waals surface area contributed by atoms with Gasteiger partial charge in [-0.2, -0.15) is 0 Å². The lowest BCUT2D eigenvalue weighted by atomic mass is 9.85. The summed E-state index contributed by atoms with van der Waals surface area (Å²) >= 11 is 0. The summed E-state index contributed by atoms with van der Waals surface area (Å²) in [6.07, 6.45) is 8.46. The summed E-state index contributed by atoms with van der Waals surface area (Å²) < 4.78 is 0. The summed E-state index contributed by atoms with van der Waals surface area (Å²) in [5.41, 5.74) is 0. The molecule has 2 rings (SSSR count). The zero-order chi connectivity index (χ0) is 15.8. The third kappa shape index (κ3) is 7.90. The summed E-state index contributed by atoms with van der Waals surface area (Å²) in [4.78, 5) is 14.7. The van der Waals surface area contributed by atoms with Crippen molar-refractivity contribution in [2.45, 2.75) is 64.8 Å². The fourth-order valence-corrected chi connectivity index (χ4v) is 4.05. The fraction of sp³-hybridized carbons (Fsp3) is 0.944. The standard InChI is InChI=1S/C18H35N3O.2ClH/c1-3-17-8-4-5-11-21(17)12-10-20-18(22)13-15(2)16-7-6-9-19-14-16;;/h15-17,19H,3-14H2,1-2H3,(H,20,22);2*1H. The molecule has 0 bridgehead atoms. The Kier molecular flexibility index (Phi) is 13.2. The summed E-state index contributed by atoms with van der Waals surface area (Å²) in [5.74, 6) is 1.40. The molecule has 0 radical (unpaired) electrons. The first-order valence-corrected chi connectivity index (χ1v) is 9.42. The summed E-state index contributed by atoms with van der Waals surface area (Å²) in [6, 6.07) is 0.734. The average Bonchev–Trinajstić information content (AvgIpc) is 2.56. The molecule has 24 heavy (non-hydrogen) atoms. The average molecular weight is 382 g/mol. The van der Waals surface area contributed by atoms with Crippen molar-refractivity contribution < 1.29 is 4.79 Å². The molecule has 0 spiro atoms. The van der Waals surface area contributed by atoms with Gasteiger partial charge in [-0.25, -0.2) is 0 Å². The van der Waals surface area contributed by atoms with Gasteiger partial charge in [0.2, 0.25) is 5.91 Å². The molecule has 3 unspecified atom stereocenters. The Morgan fingerprint density at radius 1 is 1.25 bits per heavy atom. The normalized spacial score (nSPS) is 25.9. The van der Waals surface area contributed by atoms with Gasteiger partial charge >= 0.3 is 0 Å². The minimum Gasteiger partial charge on any atom is -0.355 e. The molecule has 1 amide bonds. The maximum Gasteiger partial charge on any atom is 0.220 e. The molecule has 2 aliphatic rings. The van der Waals surface area contributed by atoms with Crippen LogP contribution in [0.5, 0.6) is 0 Å². The molecule has 0 aromatic heterocycles. The van der Waals surface area contributed by atoms with Gasteiger partial charge in [-0.15, -0.1) is 24.8 Å². The van der Waals surface area contributed by atoms with Gasteiger partial charge < -0.3 is 10.6 Å². The van der Waals surface area contributed by atoms with Crippen LogP contribution in [0, 0.1) is 11.8 Å². The van der Waals surface area contributed by atoms with Crippen LogP contribution in [-0.2, 0) is 4.79 Å². The van der Waals surface area contributed by atoms with E-state index in [1.54, 1.807) is 0 Å². The van der Waals surface area contributed by atoms with Gasteiger partial charge in [0.05, 0.1) is 0 Å². The van der Waals surface area contributed by atoms with E-state index in [1.165, 1.54) is 45.1 Å². The number of hydrogen-bond donors (Lipinski definition) is 2. The minimum atomic E-state index is 0. The molecule has 0 aromatic rings. The quantitative estimate of drug-likeness (QED) is 0.711. The Morgan fingerprint density at radius 2 is 2.04 bits per heavy atom. The fourth-order valence-electron chi connectivity index (χ4n) is 4.05. The van der Waals surface area contributed by atoms with Gasteiger partial charge in [0.15, 0.2) is 0 Å². The smallest absolute Gasteiger partial charge is 0.220 e. The van der Waals surface area contributed by atoms with E-state index in [9.17, 15) is 4.79 Å². The Labute approximate surface area is 160 Å². The third-order valence-electron chi connectivity index (χ3n) is 5.59. The molecule has 2 aliphatic heterocycles. The van der Waals surface area contributed by atoms with Crippen LogP contribution in [0.3, 0.4) is 0 Å². The molecule has 6 heteroatoms. The number of carbonyl (C=O) groups excluding carboxylic acids is 1. The highest BCUT2D eigenvalue weighted by Gasteiger charge is 2.23. The van der Waals surface area contributed by atoms with E-state index in [0.717, 1.165) is 32.2 Å². The van der Waals surface area contributed by atoms with Crippen LogP contribution in [-0.4, -0.2) is 49.6 Å². The van der Waals surface area contributed by atoms with Crippen LogP contribution in [0.2, 0.25) is 0 Å². The van der Waals surface area contributed by atoms with Crippen LogP contribution in [0.15, 0.2) is 0 Å². The number of hydrogen-bond acceptors (Lipinski definition) is 3. The number of rotatable bonds is 7. The highest BCUT2D eigenvalue weighted by molar-refractivity contribution is 5.85. The number of nitrogens with one attached hydrogen (secondary N) is 2. The summed E-state index contributed by atoms with van der Waals surface area (Å²) in [6.45, 7) is 9.77. The lowest BCUT2D eigenvalue weighted by Gasteiger charge is -2.35. The van der Waals surface area contributed by atoms with E-state index in [2.05, 4.69) is 29.4 Å². The Balaban J connectivity index is 0.00000264. The van der Waals surface area contributed by atoms with Gasteiger partial charge in [-0.1, -0.05) is 20.3 Å². The number of piperidine rings is 2. The van der Waals surface area contributed by atoms with Crippen LogP contribution >= 0.6 is 24.8 Å². The second-order valence-corrected chi connectivity index (χ2v) is 7.23.